The fraction of sp³-hybridized carbons (Fsp3) is 0.333. The Hall–Kier alpha value is -2.65. The summed E-state index contributed by atoms with van der Waals surface area (Å²) < 4.78 is 22.7. The van der Waals surface area contributed by atoms with Crippen molar-refractivity contribution in [3.8, 4) is 5.75 Å². The lowest BCUT2D eigenvalue weighted by atomic mass is 10.1. The molecule has 0 spiro atoms. The molecule has 0 radical (unpaired) electrons. The number of halogens is 1. The molecule has 27 heavy (non-hydrogen) atoms. The van der Waals surface area contributed by atoms with Crippen LogP contribution < -0.4 is 20.4 Å². The molecule has 2 aromatic heterocycles. The molecule has 5 rings (SSSR count). The van der Waals surface area contributed by atoms with Crippen LogP contribution in [-0.4, -0.2) is 41.2 Å². The maximum absolute atomic E-state index is 15.1. The first kappa shape index (κ1) is 16.5. The summed E-state index contributed by atoms with van der Waals surface area (Å²) in [6.07, 6.45) is 0. The van der Waals surface area contributed by atoms with Gasteiger partial charge in [0.2, 0.25) is 5.43 Å². The molecule has 1 atom stereocenters. The van der Waals surface area contributed by atoms with Crippen molar-refractivity contribution in [2.75, 3.05) is 24.5 Å². The van der Waals surface area contributed by atoms with E-state index in [1.54, 1.807) is 9.78 Å². The molecule has 0 saturated carbocycles. The molecule has 1 unspecified atom stereocenters. The number of aromatic nitrogens is 1. The van der Waals surface area contributed by atoms with E-state index in [0.717, 1.165) is 18.3 Å². The highest BCUT2D eigenvalue weighted by Gasteiger charge is 2.31. The second kappa shape index (κ2) is 5.67. The summed E-state index contributed by atoms with van der Waals surface area (Å²) in [6.45, 7) is 4.17. The minimum absolute atomic E-state index is 0.0312. The normalized spacial score (nSPS) is 19.0. The quantitative estimate of drug-likeness (QED) is 0.698. The Labute approximate surface area is 156 Å². The number of nitrogens with one attached hydrogen (secondary N) is 1. The number of benzene rings is 1. The van der Waals surface area contributed by atoms with E-state index in [2.05, 4.69) is 5.32 Å². The van der Waals surface area contributed by atoms with Crippen molar-refractivity contribution in [2.24, 2.45) is 0 Å². The number of thiazole rings is 1. The van der Waals surface area contributed by atoms with Crippen LogP contribution in [0.15, 0.2) is 16.2 Å². The number of hydrogen-bond donors (Lipinski definition) is 2. The molecule has 1 aromatic carbocycles. The van der Waals surface area contributed by atoms with E-state index < -0.39 is 17.2 Å². The molecule has 9 heteroatoms. The molecule has 0 amide bonds. The van der Waals surface area contributed by atoms with Crippen molar-refractivity contribution in [2.45, 2.75) is 19.6 Å². The molecule has 1 saturated heterocycles. The standard InChI is InChI=1S/C18H16FN3O4S/c1-8-5-21(3-2-20-8)14-11(19)4-10-13-16(14)26-6-9-7-27-17(22(9)13)12(15(10)23)18(24)25/h4,7-8,20H,2-3,5-6H2,1H3,(H,24,25). The Morgan fingerprint density at radius 1 is 1.48 bits per heavy atom. The van der Waals surface area contributed by atoms with Crippen LogP contribution in [-0.2, 0) is 6.61 Å². The van der Waals surface area contributed by atoms with E-state index in [4.69, 9.17) is 4.74 Å². The lowest BCUT2D eigenvalue weighted by Gasteiger charge is -2.35. The Balaban J connectivity index is 1.91. The van der Waals surface area contributed by atoms with Crippen LogP contribution in [0.4, 0.5) is 10.1 Å². The number of aromatic carboxylic acids is 1. The first-order chi connectivity index (χ1) is 13.0. The fourth-order valence-electron chi connectivity index (χ4n) is 4.01. The van der Waals surface area contributed by atoms with E-state index in [1.165, 1.54) is 11.3 Å². The van der Waals surface area contributed by atoms with Gasteiger partial charge in [-0.05, 0) is 13.0 Å². The maximum Gasteiger partial charge on any atom is 0.342 e. The Bertz CT molecular complexity index is 1190. The van der Waals surface area contributed by atoms with Crippen molar-refractivity contribution in [3.05, 3.63) is 38.7 Å². The van der Waals surface area contributed by atoms with Gasteiger partial charge in [0.1, 0.15) is 28.2 Å². The van der Waals surface area contributed by atoms with Gasteiger partial charge < -0.3 is 20.1 Å². The number of anilines is 1. The molecular formula is C18H16FN3O4S. The van der Waals surface area contributed by atoms with Crippen LogP contribution in [0.3, 0.4) is 0 Å². The highest BCUT2D eigenvalue weighted by atomic mass is 32.1. The summed E-state index contributed by atoms with van der Waals surface area (Å²) in [5, 5.41) is 14.7. The first-order valence-corrected chi connectivity index (χ1v) is 9.51. The van der Waals surface area contributed by atoms with Gasteiger partial charge in [0.15, 0.2) is 11.6 Å². The monoisotopic (exact) mass is 389 g/mol. The van der Waals surface area contributed by atoms with Gasteiger partial charge >= 0.3 is 5.97 Å². The summed E-state index contributed by atoms with van der Waals surface area (Å²) in [4.78, 5) is 26.8. The van der Waals surface area contributed by atoms with E-state index in [-0.39, 0.29) is 23.6 Å². The van der Waals surface area contributed by atoms with Crippen LogP contribution in [0, 0.1) is 5.82 Å². The predicted octanol–water partition coefficient (Wildman–Crippen LogP) is 2.04. The summed E-state index contributed by atoms with van der Waals surface area (Å²) in [7, 11) is 0. The zero-order chi connectivity index (χ0) is 18.9. The number of hydrogen-bond acceptors (Lipinski definition) is 6. The summed E-state index contributed by atoms with van der Waals surface area (Å²) in [6, 6.07) is 1.34. The Morgan fingerprint density at radius 3 is 3.04 bits per heavy atom. The second-order valence-electron chi connectivity index (χ2n) is 6.90. The third kappa shape index (κ3) is 2.21. The molecule has 2 N–H and O–H groups in total. The zero-order valence-corrected chi connectivity index (χ0v) is 15.2. The molecule has 0 bridgehead atoms. The molecule has 2 aliphatic heterocycles. The molecular weight excluding hydrogens is 373 g/mol. The number of carboxylic acids is 1. The molecule has 4 heterocycles. The Morgan fingerprint density at radius 2 is 2.30 bits per heavy atom. The fourth-order valence-corrected chi connectivity index (χ4v) is 5.04. The topological polar surface area (TPSA) is 83.3 Å². The molecule has 0 aliphatic carbocycles. The lowest BCUT2D eigenvalue weighted by Crippen LogP contribution is -2.49. The van der Waals surface area contributed by atoms with E-state index in [0.29, 0.717) is 34.9 Å². The lowest BCUT2D eigenvalue weighted by molar-refractivity contribution is 0.0697. The minimum atomic E-state index is -1.31. The van der Waals surface area contributed by atoms with Gasteiger partial charge in [-0.1, -0.05) is 0 Å². The number of pyridine rings is 1. The van der Waals surface area contributed by atoms with E-state index >= 15 is 4.39 Å². The number of nitrogens with zero attached hydrogens (tertiary/aromatic N) is 2. The number of rotatable bonds is 2. The van der Waals surface area contributed by atoms with Crippen molar-refractivity contribution in [1.82, 2.24) is 9.72 Å². The smallest absolute Gasteiger partial charge is 0.342 e. The van der Waals surface area contributed by atoms with Gasteiger partial charge in [-0.3, -0.25) is 9.20 Å². The molecule has 1 fully saturated rings. The third-order valence-electron chi connectivity index (χ3n) is 5.15. The summed E-state index contributed by atoms with van der Waals surface area (Å²) >= 11 is 1.19. The van der Waals surface area contributed by atoms with Crippen LogP contribution in [0.5, 0.6) is 5.75 Å². The average Bonchev–Trinajstić information content (AvgIpc) is 3.04. The highest BCUT2D eigenvalue weighted by Crippen LogP contribution is 2.43. The van der Waals surface area contributed by atoms with Gasteiger partial charge in [0, 0.05) is 31.1 Å². The zero-order valence-electron chi connectivity index (χ0n) is 14.4. The van der Waals surface area contributed by atoms with Crippen molar-refractivity contribution in [3.63, 3.8) is 0 Å². The number of piperazine rings is 1. The SMILES string of the molecule is CC1CN(c2c(F)cc3c(=O)c(C(=O)O)c4scc5n4c3c2OC5)CCN1. The summed E-state index contributed by atoms with van der Waals surface area (Å²) in [5.74, 6) is -1.57. The van der Waals surface area contributed by atoms with Gasteiger partial charge in [-0.25, -0.2) is 9.18 Å². The number of carbonyl (C=O) groups is 1. The van der Waals surface area contributed by atoms with Crippen molar-refractivity contribution in [1.29, 1.82) is 0 Å². The average molecular weight is 389 g/mol. The predicted molar refractivity (Wildman–Crippen MR) is 100.0 cm³/mol. The van der Waals surface area contributed by atoms with Crippen LogP contribution in [0.1, 0.15) is 23.0 Å². The van der Waals surface area contributed by atoms with Gasteiger partial charge in [-0.15, -0.1) is 11.3 Å². The third-order valence-corrected chi connectivity index (χ3v) is 6.15. The van der Waals surface area contributed by atoms with E-state index in [1.807, 2.05) is 11.8 Å². The van der Waals surface area contributed by atoms with Crippen molar-refractivity contribution >= 4 is 38.7 Å². The number of carboxylic acid groups (broad SMARTS) is 1. The first-order valence-electron chi connectivity index (χ1n) is 8.63. The maximum atomic E-state index is 15.1. The van der Waals surface area contributed by atoms with Gasteiger partial charge in [-0.2, -0.15) is 0 Å². The second-order valence-corrected chi connectivity index (χ2v) is 7.76. The van der Waals surface area contributed by atoms with E-state index in [9.17, 15) is 14.7 Å². The van der Waals surface area contributed by atoms with Gasteiger partial charge in [0.25, 0.3) is 0 Å². The highest BCUT2D eigenvalue weighted by molar-refractivity contribution is 7.16. The van der Waals surface area contributed by atoms with Crippen LogP contribution in [0.2, 0.25) is 0 Å². The van der Waals surface area contributed by atoms with Crippen LogP contribution in [0.25, 0.3) is 15.7 Å². The number of ether oxygens (including phenoxy) is 1. The molecule has 2 aliphatic rings. The largest absolute Gasteiger partial charge is 0.483 e. The summed E-state index contributed by atoms with van der Waals surface area (Å²) in [5.41, 5.74) is 0.529. The molecule has 3 aromatic rings. The minimum Gasteiger partial charge on any atom is -0.483 e. The molecule has 140 valence electrons. The van der Waals surface area contributed by atoms with Crippen molar-refractivity contribution < 1.29 is 19.0 Å². The molecule has 7 nitrogen and oxygen atoms in total. The van der Waals surface area contributed by atoms with Gasteiger partial charge in [0.05, 0.1) is 11.1 Å². The Kier molecular flexibility index (Phi) is 3.47. The van der Waals surface area contributed by atoms with Crippen LogP contribution >= 0.6 is 11.3 Å².